The van der Waals surface area contributed by atoms with E-state index < -0.39 is 0 Å². The predicted octanol–water partition coefficient (Wildman–Crippen LogP) is 5.21. The van der Waals surface area contributed by atoms with Crippen molar-refractivity contribution in [2.45, 2.75) is 19.1 Å². The topological polar surface area (TPSA) is 64.5 Å². The Morgan fingerprint density at radius 3 is 2.65 bits per heavy atom. The molecule has 0 aliphatic rings. The van der Waals surface area contributed by atoms with Gasteiger partial charge in [0.1, 0.15) is 29.4 Å². The number of nitrogens with two attached hydrogens (primary N) is 1. The van der Waals surface area contributed by atoms with E-state index in [-0.39, 0.29) is 5.92 Å². The van der Waals surface area contributed by atoms with E-state index in [4.69, 9.17) is 26.5 Å². The number of nitrogens with zero attached hydrogens (tertiary/aromatic N) is 2. The fraction of sp³-hybridized carbons (Fsp3) is 0.240. The lowest BCUT2D eigenvalue weighted by Gasteiger charge is -2.20. The molecule has 0 spiro atoms. The van der Waals surface area contributed by atoms with Gasteiger partial charge in [0.15, 0.2) is 0 Å². The number of furan rings is 1. The van der Waals surface area contributed by atoms with Crippen molar-refractivity contribution in [2.75, 3.05) is 20.6 Å². The molecule has 0 fully saturated rings. The zero-order chi connectivity index (χ0) is 21.8. The van der Waals surface area contributed by atoms with Gasteiger partial charge in [0.05, 0.1) is 17.5 Å². The molecule has 0 saturated heterocycles. The first-order valence-corrected chi connectivity index (χ1v) is 10.6. The van der Waals surface area contributed by atoms with E-state index in [9.17, 15) is 0 Å². The Morgan fingerprint density at radius 2 is 1.90 bits per heavy atom. The summed E-state index contributed by atoms with van der Waals surface area (Å²) in [5, 5.41) is 1.46. The standard InChI is InChI=1S/C25H26ClN3O2/c1-29(2)15-18-10-11-23(31-18)21(14-27)20-13-22(26)19-9-6-12-28-24(19)25(20)30-16-17-7-4-3-5-8-17/h3-13,21H,14-16,27H2,1-2H3. The quantitative estimate of drug-likeness (QED) is 0.411. The van der Waals surface area contributed by atoms with Crippen molar-refractivity contribution in [3.05, 3.63) is 94.5 Å². The van der Waals surface area contributed by atoms with Gasteiger partial charge in [-0.1, -0.05) is 41.9 Å². The number of ether oxygens (including phenoxy) is 1. The van der Waals surface area contributed by atoms with Gasteiger partial charge in [-0.05, 0) is 50.0 Å². The van der Waals surface area contributed by atoms with E-state index in [2.05, 4.69) is 9.88 Å². The van der Waals surface area contributed by atoms with E-state index in [0.29, 0.717) is 30.5 Å². The van der Waals surface area contributed by atoms with E-state index in [1.165, 1.54) is 0 Å². The molecule has 2 heterocycles. The summed E-state index contributed by atoms with van der Waals surface area (Å²) in [4.78, 5) is 6.64. The van der Waals surface area contributed by atoms with Gasteiger partial charge in [-0.25, -0.2) is 0 Å². The molecule has 0 radical (unpaired) electrons. The SMILES string of the molecule is CN(C)Cc1ccc(C(CN)c2cc(Cl)c3cccnc3c2OCc2ccccc2)o1. The summed E-state index contributed by atoms with van der Waals surface area (Å²) < 4.78 is 12.5. The lowest BCUT2D eigenvalue weighted by atomic mass is 9.94. The third kappa shape index (κ3) is 4.74. The molecular formula is C25H26ClN3O2. The number of benzene rings is 2. The second-order valence-corrected chi connectivity index (χ2v) is 8.19. The minimum absolute atomic E-state index is 0.203. The lowest BCUT2D eigenvalue weighted by Crippen LogP contribution is -2.15. The normalized spacial score (nSPS) is 12.4. The fourth-order valence-electron chi connectivity index (χ4n) is 3.71. The summed E-state index contributed by atoms with van der Waals surface area (Å²) >= 11 is 6.64. The number of hydrogen-bond acceptors (Lipinski definition) is 5. The van der Waals surface area contributed by atoms with E-state index in [1.54, 1.807) is 6.20 Å². The third-order valence-corrected chi connectivity index (χ3v) is 5.47. The first-order chi connectivity index (χ1) is 15.1. The summed E-state index contributed by atoms with van der Waals surface area (Å²) in [5.74, 6) is 2.15. The largest absolute Gasteiger partial charge is 0.486 e. The fourth-order valence-corrected chi connectivity index (χ4v) is 3.98. The molecule has 0 amide bonds. The highest BCUT2D eigenvalue weighted by Crippen LogP contribution is 2.40. The van der Waals surface area contributed by atoms with Crippen LogP contribution in [0.15, 0.2) is 71.3 Å². The molecule has 1 unspecified atom stereocenters. The first kappa shape index (κ1) is 21.4. The molecule has 2 N–H and O–H groups in total. The number of rotatable bonds is 8. The minimum atomic E-state index is -0.203. The average molecular weight is 436 g/mol. The highest BCUT2D eigenvalue weighted by molar-refractivity contribution is 6.35. The molecule has 0 saturated carbocycles. The van der Waals surface area contributed by atoms with Gasteiger partial charge in [0.2, 0.25) is 0 Å². The van der Waals surface area contributed by atoms with Crippen LogP contribution in [0.3, 0.4) is 0 Å². The number of halogens is 1. The van der Waals surface area contributed by atoms with Crippen LogP contribution < -0.4 is 10.5 Å². The van der Waals surface area contributed by atoms with Crippen LogP contribution in [0.25, 0.3) is 10.9 Å². The Balaban J connectivity index is 1.78. The van der Waals surface area contributed by atoms with Gasteiger partial charge >= 0.3 is 0 Å². The van der Waals surface area contributed by atoms with Crippen LogP contribution in [0.2, 0.25) is 5.02 Å². The second kappa shape index (κ2) is 9.52. The molecule has 2 aromatic carbocycles. The maximum Gasteiger partial charge on any atom is 0.150 e. The zero-order valence-electron chi connectivity index (χ0n) is 17.7. The molecule has 2 aromatic heterocycles. The molecule has 1 atom stereocenters. The van der Waals surface area contributed by atoms with E-state index >= 15 is 0 Å². The first-order valence-electron chi connectivity index (χ1n) is 10.2. The van der Waals surface area contributed by atoms with Crippen molar-refractivity contribution in [3.63, 3.8) is 0 Å². The summed E-state index contributed by atoms with van der Waals surface area (Å²) in [6.07, 6.45) is 1.75. The highest BCUT2D eigenvalue weighted by atomic mass is 35.5. The van der Waals surface area contributed by atoms with Crippen molar-refractivity contribution >= 4 is 22.5 Å². The Kier molecular flexibility index (Phi) is 6.56. The maximum absolute atomic E-state index is 6.64. The Labute approximate surface area is 187 Å². The molecule has 160 valence electrons. The van der Waals surface area contributed by atoms with Gasteiger partial charge in [-0.2, -0.15) is 0 Å². The molecule has 4 aromatic rings. The summed E-state index contributed by atoms with van der Waals surface area (Å²) in [6.45, 7) is 1.49. The number of fused-ring (bicyclic) bond motifs is 1. The van der Waals surface area contributed by atoms with E-state index in [1.807, 2.05) is 74.8 Å². The van der Waals surface area contributed by atoms with Crippen LogP contribution in [-0.2, 0) is 13.2 Å². The molecule has 6 heteroatoms. The maximum atomic E-state index is 6.64. The smallest absolute Gasteiger partial charge is 0.150 e. The van der Waals surface area contributed by atoms with Crippen LogP contribution in [0.1, 0.15) is 28.6 Å². The van der Waals surface area contributed by atoms with Gasteiger partial charge < -0.3 is 19.8 Å². The monoisotopic (exact) mass is 435 g/mol. The molecule has 0 aliphatic carbocycles. The molecular weight excluding hydrogens is 410 g/mol. The van der Waals surface area contributed by atoms with Crippen LogP contribution in [0.5, 0.6) is 5.75 Å². The Bertz CT molecular complexity index is 1160. The lowest BCUT2D eigenvalue weighted by molar-refractivity contribution is 0.302. The molecule has 5 nitrogen and oxygen atoms in total. The predicted molar refractivity (Wildman–Crippen MR) is 125 cm³/mol. The van der Waals surface area contributed by atoms with Crippen LogP contribution in [0, 0.1) is 0 Å². The third-order valence-electron chi connectivity index (χ3n) is 5.16. The van der Waals surface area contributed by atoms with Gasteiger partial charge in [0.25, 0.3) is 0 Å². The minimum Gasteiger partial charge on any atom is -0.486 e. The van der Waals surface area contributed by atoms with Gasteiger partial charge in [-0.3, -0.25) is 4.98 Å². The highest BCUT2D eigenvalue weighted by Gasteiger charge is 2.24. The summed E-state index contributed by atoms with van der Waals surface area (Å²) in [7, 11) is 4.01. The van der Waals surface area contributed by atoms with E-state index in [0.717, 1.165) is 33.6 Å². The van der Waals surface area contributed by atoms with Crippen molar-refractivity contribution in [2.24, 2.45) is 5.73 Å². The molecule has 4 rings (SSSR count). The zero-order valence-corrected chi connectivity index (χ0v) is 18.5. The van der Waals surface area contributed by atoms with Crippen molar-refractivity contribution in [1.29, 1.82) is 0 Å². The van der Waals surface area contributed by atoms with Crippen LogP contribution in [0.4, 0.5) is 0 Å². The van der Waals surface area contributed by atoms with Gasteiger partial charge in [-0.15, -0.1) is 0 Å². The van der Waals surface area contributed by atoms with Gasteiger partial charge in [0, 0.05) is 23.7 Å². The molecule has 0 bridgehead atoms. The van der Waals surface area contributed by atoms with Crippen LogP contribution >= 0.6 is 11.6 Å². The number of pyridine rings is 1. The van der Waals surface area contributed by atoms with Crippen molar-refractivity contribution < 1.29 is 9.15 Å². The summed E-state index contributed by atoms with van der Waals surface area (Å²) in [5.41, 5.74) is 8.90. The second-order valence-electron chi connectivity index (χ2n) is 7.78. The number of aromatic nitrogens is 1. The van der Waals surface area contributed by atoms with Crippen LogP contribution in [-0.4, -0.2) is 30.5 Å². The molecule has 31 heavy (non-hydrogen) atoms. The summed E-state index contributed by atoms with van der Waals surface area (Å²) in [6, 6.07) is 19.8. The Hall–Kier alpha value is -2.86. The Morgan fingerprint density at radius 1 is 1.10 bits per heavy atom. The molecule has 0 aliphatic heterocycles. The van der Waals surface area contributed by atoms with Crippen molar-refractivity contribution in [3.8, 4) is 5.75 Å². The number of hydrogen-bond donors (Lipinski definition) is 1. The van der Waals surface area contributed by atoms with Crippen molar-refractivity contribution in [1.82, 2.24) is 9.88 Å². The average Bonchev–Trinajstić information content (AvgIpc) is 3.22.